The highest BCUT2D eigenvalue weighted by molar-refractivity contribution is 7.89. The number of nitrogens with zero attached hydrogens (tertiary/aromatic N) is 2. The van der Waals surface area contributed by atoms with Gasteiger partial charge in [-0.1, -0.05) is 32.6 Å². The zero-order chi connectivity index (χ0) is 28.7. The topological polar surface area (TPSA) is 108 Å². The lowest BCUT2D eigenvalue weighted by molar-refractivity contribution is 0.0830. The van der Waals surface area contributed by atoms with Gasteiger partial charge in [0.05, 0.1) is 20.3 Å². The highest BCUT2D eigenvalue weighted by atomic mass is 32.2. The van der Waals surface area contributed by atoms with Crippen molar-refractivity contribution in [2.24, 2.45) is 11.8 Å². The molecule has 0 radical (unpaired) electrons. The zero-order valence-electron chi connectivity index (χ0n) is 23.5. The third-order valence-electron chi connectivity index (χ3n) is 6.55. The molecule has 2 aromatic rings. The number of rotatable bonds is 7. The highest BCUT2D eigenvalue weighted by Gasteiger charge is 2.38. The maximum absolute atomic E-state index is 13.6. The van der Waals surface area contributed by atoms with Crippen molar-refractivity contribution in [1.82, 2.24) is 9.21 Å². The van der Waals surface area contributed by atoms with Crippen LogP contribution in [0.2, 0.25) is 0 Å². The number of aliphatic hydroxyl groups excluding tert-OH is 1. The Balaban J connectivity index is 1.92. The third-order valence-corrected chi connectivity index (χ3v) is 8.57. The van der Waals surface area contributed by atoms with Crippen LogP contribution in [0.15, 0.2) is 47.4 Å². The molecule has 212 valence electrons. The minimum atomic E-state index is -3.96. The van der Waals surface area contributed by atoms with Crippen LogP contribution in [0.3, 0.4) is 0 Å². The fraction of sp³-hybridized carbons (Fsp3) is 0.483. The summed E-state index contributed by atoms with van der Waals surface area (Å²) < 4.78 is 40.1. The second-order valence-corrected chi connectivity index (χ2v) is 12.2. The maximum Gasteiger partial charge on any atom is 0.321 e. The van der Waals surface area contributed by atoms with Crippen LogP contribution in [-0.4, -0.2) is 74.8 Å². The van der Waals surface area contributed by atoms with Crippen molar-refractivity contribution in [2.45, 2.75) is 51.2 Å². The number of nitrogens with one attached hydrogen (secondary N) is 1. The van der Waals surface area contributed by atoms with Crippen molar-refractivity contribution < 1.29 is 27.8 Å². The molecular weight excluding hydrogens is 518 g/mol. The Kier molecular flexibility index (Phi) is 10.2. The first-order valence-electron chi connectivity index (χ1n) is 13.0. The SMILES string of the molecule is COc1ccc(NC(=O)N(C)C[C@H]2Oc3cc(C#CCC(C)C)ccc3S(=O)(=O)N([C@@H](C)CO)C[C@@H]2C)cc1. The highest BCUT2D eigenvalue weighted by Crippen LogP contribution is 2.34. The van der Waals surface area contributed by atoms with E-state index in [1.54, 1.807) is 57.5 Å². The van der Waals surface area contributed by atoms with E-state index in [1.807, 2.05) is 6.92 Å². The van der Waals surface area contributed by atoms with E-state index >= 15 is 0 Å². The standard InChI is InChI=1S/C29H39N3O6S/c1-20(2)8-7-9-23-10-15-28-26(16-23)38-27(21(3)17-32(22(4)19-33)39(28,35)36)18-31(5)29(34)30-24-11-13-25(37-6)14-12-24/h10-16,20-22,27,33H,8,17-19H2,1-6H3,(H,30,34)/t21-,22-,27+/m0/s1. The molecule has 0 aliphatic carbocycles. The quantitative estimate of drug-likeness (QED) is 0.498. The number of urea groups is 1. The first-order chi connectivity index (χ1) is 18.5. The van der Waals surface area contributed by atoms with Gasteiger partial charge in [0.15, 0.2) is 0 Å². The molecule has 2 aromatic carbocycles. The summed E-state index contributed by atoms with van der Waals surface area (Å²) in [5, 5.41) is 12.7. The summed E-state index contributed by atoms with van der Waals surface area (Å²) in [5.41, 5.74) is 1.26. The monoisotopic (exact) mass is 557 g/mol. The van der Waals surface area contributed by atoms with Gasteiger partial charge in [0, 0.05) is 43.2 Å². The van der Waals surface area contributed by atoms with E-state index in [1.165, 1.54) is 15.3 Å². The molecule has 0 aromatic heterocycles. The van der Waals surface area contributed by atoms with Crippen LogP contribution in [0.25, 0.3) is 0 Å². The Bertz CT molecular complexity index is 1300. The van der Waals surface area contributed by atoms with Crippen molar-refractivity contribution in [2.75, 3.05) is 39.2 Å². The van der Waals surface area contributed by atoms with Gasteiger partial charge >= 0.3 is 6.03 Å². The van der Waals surface area contributed by atoms with Crippen LogP contribution in [0.5, 0.6) is 11.5 Å². The van der Waals surface area contributed by atoms with Crippen LogP contribution in [-0.2, 0) is 10.0 Å². The van der Waals surface area contributed by atoms with E-state index in [9.17, 15) is 18.3 Å². The Morgan fingerprint density at radius 3 is 2.54 bits per heavy atom. The van der Waals surface area contributed by atoms with Crippen LogP contribution in [0, 0.1) is 23.7 Å². The van der Waals surface area contributed by atoms with E-state index in [0.717, 1.165) is 0 Å². The molecular formula is C29H39N3O6S. The number of likely N-dealkylation sites (N-methyl/N-ethyl adjacent to an activating group) is 1. The normalized spacial score (nSPS) is 19.4. The van der Waals surface area contributed by atoms with Crippen molar-refractivity contribution in [3.8, 4) is 23.3 Å². The van der Waals surface area contributed by atoms with E-state index in [0.29, 0.717) is 29.3 Å². The van der Waals surface area contributed by atoms with E-state index in [2.05, 4.69) is 31.0 Å². The lowest BCUT2D eigenvalue weighted by Crippen LogP contribution is -2.50. The van der Waals surface area contributed by atoms with Gasteiger partial charge in [-0.3, -0.25) is 0 Å². The minimum absolute atomic E-state index is 0.0134. The number of fused-ring (bicyclic) bond motifs is 1. The second-order valence-electron chi connectivity index (χ2n) is 10.3. The van der Waals surface area contributed by atoms with Crippen molar-refractivity contribution in [1.29, 1.82) is 0 Å². The second kappa shape index (κ2) is 13.2. The number of hydrogen-bond donors (Lipinski definition) is 2. The largest absolute Gasteiger partial charge is 0.497 e. The molecule has 0 unspecified atom stereocenters. The minimum Gasteiger partial charge on any atom is -0.497 e. The number of ether oxygens (including phenoxy) is 2. The van der Waals surface area contributed by atoms with Crippen LogP contribution in [0.1, 0.15) is 39.7 Å². The number of carbonyl (C=O) groups excluding carboxylic acids is 1. The molecule has 0 bridgehead atoms. The number of methoxy groups -OCH3 is 1. The Labute approximate surface area is 232 Å². The lowest BCUT2D eigenvalue weighted by atomic mass is 10.0. The number of sulfonamides is 1. The van der Waals surface area contributed by atoms with Gasteiger partial charge in [-0.15, -0.1) is 0 Å². The van der Waals surface area contributed by atoms with Gasteiger partial charge in [-0.25, -0.2) is 13.2 Å². The summed E-state index contributed by atoms with van der Waals surface area (Å²) in [7, 11) is -0.721. The van der Waals surface area contributed by atoms with E-state index in [-0.39, 0.29) is 42.3 Å². The number of hydrogen-bond acceptors (Lipinski definition) is 6. The molecule has 0 spiro atoms. The first kappa shape index (κ1) is 30.3. The molecule has 1 heterocycles. The molecule has 0 saturated carbocycles. The number of anilines is 1. The number of carbonyl (C=O) groups is 1. The Hall–Kier alpha value is -3.26. The van der Waals surface area contributed by atoms with Crippen molar-refractivity contribution in [3.63, 3.8) is 0 Å². The molecule has 39 heavy (non-hydrogen) atoms. The number of amides is 2. The molecule has 0 fully saturated rings. The summed E-state index contributed by atoms with van der Waals surface area (Å²) in [4.78, 5) is 14.5. The molecule has 2 N–H and O–H groups in total. The maximum atomic E-state index is 13.6. The van der Waals surface area contributed by atoms with Crippen LogP contribution in [0.4, 0.5) is 10.5 Å². The molecule has 0 saturated heterocycles. The lowest BCUT2D eigenvalue weighted by Gasteiger charge is -2.37. The molecule has 9 nitrogen and oxygen atoms in total. The van der Waals surface area contributed by atoms with Crippen LogP contribution < -0.4 is 14.8 Å². The van der Waals surface area contributed by atoms with Gasteiger partial charge < -0.3 is 24.8 Å². The predicted octanol–water partition coefficient (Wildman–Crippen LogP) is 4.03. The Morgan fingerprint density at radius 2 is 1.92 bits per heavy atom. The van der Waals surface area contributed by atoms with E-state index < -0.39 is 22.2 Å². The number of aliphatic hydroxyl groups is 1. The molecule has 3 atom stereocenters. The van der Waals surface area contributed by atoms with Gasteiger partial charge in [0.2, 0.25) is 10.0 Å². The number of benzene rings is 2. The third kappa shape index (κ3) is 7.66. The summed E-state index contributed by atoms with van der Waals surface area (Å²) in [6, 6.07) is 10.9. The molecule has 2 amide bonds. The molecule has 1 aliphatic heterocycles. The first-order valence-corrected chi connectivity index (χ1v) is 14.5. The van der Waals surface area contributed by atoms with Crippen LogP contribution >= 0.6 is 0 Å². The van der Waals surface area contributed by atoms with Crippen molar-refractivity contribution in [3.05, 3.63) is 48.0 Å². The molecule has 1 aliphatic rings. The summed E-state index contributed by atoms with van der Waals surface area (Å²) in [6.45, 7) is 7.70. The average molecular weight is 558 g/mol. The van der Waals surface area contributed by atoms with Gasteiger partial charge in [-0.05, 0) is 55.3 Å². The summed E-state index contributed by atoms with van der Waals surface area (Å²) in [6.07, 6.45) is 0.185. The van der Waals surface area contributed by atoms with Gasteiger partial charge in [0.25, 0.3) is 0 Å². The fourth-order valence-electron chi connectivity index (χ4n) is 4.12. The zero-order valence-corrected chi connectivity index (χ0v) is 24.3. The average Bonchev–Trinajstić information content (AvgIpc) is 2.90. The van der Waals surface area contributed by atoms with Gasteiger partial charge in [0.1, 0.15) is 22.5 Å². The van der Waals surface area contributed by atoms with Gasteiger partial charge in [-0.2, -0.15) is 4.31 Å². The van der Waals surface area contributed by atoms with E-state index in [4.69, 9.17) is 9.47 Å². The summed E-state index contributed by atoms with van der Waals surface area (Å²) in [5.74, 6) is 7.20. The Morgan fingerprint density at radius 1 is 1.23 bits per heavy atom. The predicted molar refractivity (Wildman–Crippen MR) is 151 cm³/mol. The molecule has 3 rings (SSSR count). The summed E-state index contributed by atoms with van der Waals surface area (Å²) >= 11 is 0. The fourth-order valence-corrected chi connectivity index (χ4v) is 5.95. The smallest absolute Gasteiger partial charge is 0.321 e. The van der Waals surface area contributed by atoms with Crippen molar-refractivity contribution >= 4 is 21.7 Å². The molecule has 10 heteroatoms.